The second kappa shape index (κ2) is 7.72. The highest BCUT2D eigenvalue weighted by Crippen LogP contribution is 2.29. The number of phenolic OH excluding ortho intramolecular Hbond substituents is 1. The largest absolute Gasteiger partial charge is 0.507 e. The van der Waals surface area contributed by atoms with Gasteiger partial charge in [0.25, 0.3) is 0 Å². The highest BCUT2D eigenvalue weighted by Gasteiger charge is 2.18. The average Bonchev–Trinajstić information content (AvgIpc) is 2.73. The predicted octanol–water partition coefficient (Wildman–Crippen LogP) is 3.12. The van der Waals surface area contributed by atoms with Crippen molar-refractivity contribution in [1.82, 2.24) is 24.5 Å². The molecule has 9 heteroatoms. The smallest absolute Gasteiger partial charge is 0.213 e. The first-order chi connectivity index (χ1) is 14.1. The van der Waals surface area contributed by atoms with Gasteiger partial charge < -0.3 is 14.6 Å². The second-order valence-corrected chi connectivity index (χ2v) is 6.17. The molecule has 0 saturated carbocycles. The van der Waals surface area contributed by atoms with Gasteiger partial charge in [0, 0.05) is 18.7 Å². The van der Waals surface area contributed by atoms with Crippen LogP contribution in [0.5, 0.6) is 11.6 Å². The number of rotatable bonds is 6. The molecule has 0 aliphatic heterocycles. The zero-order valence-electron chi connectivity index (χ0n) is 15.8. The topological polar surface area (TPSA) is 87.2 Å². The molecule has 0 unspecified atom stereocenters. The Kier molecular flexibility index (Phi) is 4.96. The van der Waals surface area contributed by atoms with E-state index in [9.17, 15) is 9.50 Å². The van der Waals surface area contributed by atoms with Gasteiger partial charge in [0.05, 0.1) is 30.9 Å². The molecule has 0 atom stereocenters. The molecule has 3 heterocycles. The van der Waals surface area contributed by atoms with Crippen LogP contribution in [0.1, 0.15) is 5.82 Å². The fourth-order valence-corrected chi connectivity index (χ4v) is 2.91. The SMILES string of the molecule is COCc1nn(-c2ccc(-c3cc(F)ccc3O)nc2)n1-c1ccc(OC)nc1. The van der Waals surface area contributed by atoms with Crippen molar-refractivity contribution in [2.75, 3.05) is 14.2 Å². The van der Waals surface area contributed by atoms with Gasteiger partial charge in [-0.25, -0.2) is 14.1 Å². The van der Waals surface area contributed by atoms with Crippen LogP contribution in [-0.4, -0.2) is 43.9 Å². The van der Waals surface area contributed by atoms with Crippen molar-refractivity contribution in [3.63, 3.8) is 0 Å². The maximum Gasteiger partial charge on any atom is 0.213 e. The number of ether oxygens (including phenoxy) is 2. The van der Waals surface area contributed by atoms with E-state index in [0.717, 1.165) is 5.69 Å². The summed E-state index contributed by atoms with van der Waals surface area (Å²) in [5.74, 6) is 0.721. The monoisotopic (exact) mass is 395 g/mol. The molecule has 4 aromatic rings. The van der Waals surface area contributed by atoms with Crippen LogP contribution in [0.25, 0.3) is 22.6 Å². The summed E-state index contributed by atoms with van der Waals surface area (Å²) in [4.78, 5) is 10.2. The van der Waals surface area contributed by atoms with Gasteiger partial charge in [0.15, 0.2) is 5.82 Å². The van der Waals surface area contributed by atoms with Crippen molar-refractivity contribution >= 4 is 0 Å². The summed E-state index contributed by atoms with van der Waals surface area (Å²) in [5.41, 5.74) is 2.23. The summed E-state index contributed by atoms with van der Waals surface area (Å²) < 4.78 is 25.7. The maximum atomic E-state index is 13.5. The molecule has 0 amide bonds. The lowest BCUT2D eigenvalue weighted by molar-refractivity contribution is 0.162. The summed E-state index contributed by atoms with van der Waals surface area (Å²) in [6.07, 6.45) is 3.26. The van der Waals surface area contributed by atoms with E-state index in [1.54, 1.807) is 49.6 Å². The summed E-state index contributed by atoms with van der Waals surface area (Å²) in [6, 6.07) is 10.8. The molecule has 1 N–H and O–H groups in total. The quantitative estimate of drug-likeness (QED) is 0.540. The van der Waals surface area contributed by atoms with E-state index in [2.05, 4.69) is 15.1 Å². The molecule has 148 valence electrons. The average molecular weight is 395 g/mol. The molecule has 0 radical (unpaired) electrons. The van der Waals surface area contributed by atoms with Crippen LogP contribution in [0.3, 0.4) is 0 Å². The lowest BCUT2D eigenvalue weighted by Gasteiger charge is -2.24. The molecule has 0 aliphatic carbocycles. The first-order valence-corrected chi connectivity index (χ1v) is 8.72. The minimum atomic E-state index is -0.446. The Morgan fingerprint density at radius 3 is 2.45 bits per heavy atom. The van der Waals surface area contributed by atoms with Crippen LogP contribution < -0.4 is 4.74 Å². The van der Waals surface area contributed by atoms with Crippen LogP contribution in [0.15, 0.2) is 54.9 Å². The number of methoxy groups -OCH3 is 2. The van der Waals surface area contributed by atoms with E-state index >= 15 is 0 Å². The number of hydrogen-bond donors (Lipinski definition) is 1. The molecule has 4 rings (SSSR count). The minimum Gasteiger partial charge on any atom is -0.507 e. The number of pyridine rings is 2. The Morgan fingerprint density at radius 1 is 1.00 bits per heavy atom. The Balaban J connectivity index is 1.70. The van der Waals surface area contributed by atoms with Crippen molar-refractivity contribution < 1.29 is 19.0 Å². The standard InChI is InChI=1S/C20H18FN5O3/c1-28-12-19-24-26(25(19)14-5-8-20(29-2)23-10-14)15-4-6-17(22-11-15)16-9-13(21)3-7-18(16)27/h3-11,27H,12H2,1-2H3. The molecule has 0 spiro atoms. The Bertz CT molecular complexity index is 1120. The predicted molar refractivity (Wildman–Crippen MR) is 103 cm³/mol. The fourth-order valence-electron chi connectivity index (χ4n) is 2.91. The minimum absolute atomic E-state index is 0.0399. The van der Waals surface area contributed by atoms with E-state index in [-0.39, 0.29) is 5.75 Å². The van der Waals surface area contributed by atoms with Gasteiger partial charge in [0.1, 0.15) is 23.9 Å². The zero-order chi connectivity index (χ0) is 20.4. The van der Waals surface area contributed by atoms with Gasteiger partial charge in [-0.3, -0.25) is 4.98 Å². The summed E-state index contributed by atoms with van der Waals surface area (Å²) >= 11 is 0. The van der Waals surface area contributed by atoms with Gasteiger partial charge in [-0.1, -0.05) is 0 Å². The van der Waals surface area contributed by atoms with Gasteiger partial charge in [-0.05, 0) is 36.4 Å². The van der Waals surface area contributed by atoms with Gasteiger partial charge in [0.2, 0.25) is 5.88 Å². The highest BCUT2D eigenvalue weighted by molar-refractivity contribution is 5.67. The van der Waals surface area contributed by atoms with Crippen molar-refractivity contribution in [2.24, 2.45) is 0 Å². The first kappa shape index (κ1) is 18.6. The molecule has 0 aliphatic rings. The second-order valence-electron chi connectivity index (χ2n) is 6.17. The van der Waals surface area contributed by atoms with Gasteiger partial charge >= 0.3 is 0 Å². The van der Waals surface area contributed by atoms with Gasteiger partial charge in [-0.2, -0.15) is 4.80 Å². The summed E-state index contributed by atoms with van der Waals surface area (Å²) in [6.45, 7) is 0.325. The van der Waals surface area contributed by atoms with E-state index in [1.807, 2.05) is 10.7 Å². The molecule has 8 nitrogen and oxygen atoms in total. The number of nitrogens with zero attached hydrogens (tertiary/aromatic N) is 5. The number of aromatic hydroxyl groups is 1. The molecular formula is C20H18FN5O3. The highest BCUT2D eigenvalue weighted by atomic mass is 19.1. The third-order valence-electron chi connectivity index (χ3n) is 4.31. The molecule has 0 saturated heterocycles. The Morgan fingerprint density at radius 2 is 1.79 bits per heavy atom. The normalized spacial score (nSPS) is 11.0. The zero-order valence-corrected chi connectivity index (χ0v) is 15.8. The third kappa shape index (κ3) is 3.55. The number of benzene rings is 1. The molecule has 1 aromatic carbocycles. The number of aromatic nitrogens is 5. The van der Waals surface area contributed by atoms with E-state index in [0.29, 0.717) is 35.3 Å². The van der Waals surface area contributed by atoms with E-state index in [4.69, 9.17) is 9.47 Å². The van der Waals surface area contributed by atoms with Crippen molar-refractivity contribution in [3.05, 3.63) is 66.5 Å². The van der Waals surface area contributed by atoms with E-state index < -0.39 is 5.82 Å². The third-order valence-corrected chi connectivity index (χ3v) is 4.31. The van der Waals surface area contributed by atoms with Crippen molar-refractivity contribution in [2.45, 2.75) is 6.61 Å². The molecule has 0 bridgehead atoms. The summed E-state index contributed by atoms with van der Waals surface area (Å²) in [7, 11) is 3.15. The van der Waals surface area contributed by atoms with Crippen LogP contribution in [0.4, 0.5) is 4.39 Å². The number of halogens is 1. The van der Waals surface area contributed by atoms with Gasteiger partial charge in [-0.15, -0.1) is 5.10 Å². The first-order valence-electron chi connectivity index (χ1n) is 8.72. The lowest BCUT2D eigenvalue weighted by atomic mass is 10.1. The maximum absolute atomic E-state index is 13.5. The number of hydrogen-bond acceptors (Lipinski definition) is 6. The van der Waals surface area contributed by atoms with Crippen LogP contribution in [0.2, 0.25) is 0 Å². The molecular weight excluding hydrogens is 377 g/mol. The Hall–Kier alpha value is -3.72. The fraction of sp³-hybridized carbons (Fsp3) is 0.150. The number of phenols is 1. The van der Waals surface area contributed by atoms with Crippen molar-refractivity contribution in [3.8, 4) is 34.3 Å². The van der Waals surface area contributed by atoms with Crippen LogP contribution in [-0.2, 0) is 11.3 Å². The molecule has 3 aromatic heterocycles. The van der Waals surface area contributed by atoms with Crippen molar-refractivity contribution in [1.29, 1.82) is 0 Å². The Labute approximate surface area is 165 Å². The molecule has 29 heavy (non-hydrogen) atoms. The summed E-state index contributed by atoms with van der Waals surface area (Å²) in [5, 5.41) is 14.4. The van der Waals surface area contributed by atoms with E-state index in [1.165, 1.54) is 18.2 Å². The van der Waals surface area contributed by atoms with Crippen LogP contribution in [0, 0.1) is 5.82 Å². The van der Waals surface area contributed by atoms with Crippen LogP contribution >= 0.6 is 0 Å². The molecule has 0 fully saturated rings. The lowest BCUT2D eigenvalue weighted by Crippen LogP contribution is -2.29.